The van der Waals surface area contributed by atoms with Crippen molar-refractivity contribution < 1.29 is 4.39 Å². The average molecular weight is 229 g/mol. The summed E-state index contributed by atoms with van der Waals surface area (Å²) in [5.74, 6) is 0.758. The van der Waals surface area contributed by atoms with Gasteiger partial charge in [0.25, 0.3) is 0 Å². The fraction of sp³-hybridized carbons (Fsp3) is 0.538. The molecule has 0 N–H and O–H groups in total. The molecule has 0 aromatic rings. The van der Waals surface area contributed by atoms with Crippen LogP contribution in [0.25, 0.3) is 0 Å². The smallest absolute Gasteiger partial charge is 0.141 e. The van der Waals surface area contributed by atoms with Crippen LogP contribution in [0.2, 0.25) is 0 Å². The summed E-state index contributed by atoms with van der Waals surface area (Å²) in [5, 5.41) is -0.0414. The molecule has 0 aromatic heterocycles. The van der Waals surface area contributed by atoms with Gasteiger partial charge in [0.15, 0.2) is 0 Å². The molecular formula is C13H18ClF. The highest BCUT2D eigenvalue weighted by molar-refractivity contribution is 6.31. The van der Waals surface area contributed by atoms with E-state index in [1.54, 1.807) is 0 Å². The molecule has 1 fully saturated rings. The molecule has 0 aliphatic heterocycles. The van der Waals surface area contributed by atoms with E-state index in [2.05, 4.69) is 20.1 Å². The number of allylic oxidation sites excluding steroid dienone is 4. The van der Waals surface area contributed by atoms with Crippen molar-refractivity contribution in [1.82, 2.24) is 0 Å². The molecule has 1 rings (SSSR count). The minimum absolute atomic E-state index is 0.0414. The second-order valence-corrected chi connectivity index (χ2v) is 4.89. The molecule has 1 aliphatic rings. The van der Waals surface area contributed by atoms with Gasteiger partial charge in [0.2, 0.25) is 0 Å². The van der Waals surface area contributed by atoms with Gasteiger partial charge >= 0.3 is 0 Å². The molecule has 84 valence electrons. The average Bonchev–Trinajstić information content (AvgIpc) is 2.18. The first-order valence-electron chi connectivity index (χ1n) is 5.41. The lowest BCUT2D eigenvalue weighted by atomic mass is 9.79. The zero-order valence-corrected chi connectivity index (χ0v) is 9.99. The van der Waals surface area contributed by atoms with Crippen LogP contribution in [-0.2, 0) is 0 Å². The molecule has 1 aliphatic carbocycles. The van der Waals surface area contributed by atoms with Crippen molar-refractivity contribution in [3.8, 4) is 0 Å². The summed E-state index contributed by atoms with van der Waals surface area (Å²) >= 11 is 5.46. The summed E-state index contributed by atoms with van der Waals surface area (Å²) in [6, 6.07) is 0. The molecule has 2 heteroatoms. The Balaban J connectivity index is 2.54. The van der Waals surface area contributed by atoms with Crippen LogP contribution >= 0.6 is 11.6 Å². The van der Waals surface area contributed by atoms with Crippen LogP contribution in [0, 0.1) is 11.8 Å². The van der Waals surface area contributed by atoms with Crippen molar-refractivity contribution in [3.05, 3.63) is 35.7 Å². The van der Waals surface area contributed by atoms with Crippen molar-refractivity contribution in [1.29, 1.82) is 0 Å². The molecule has 0 atom stereocenters. The largest absolute Gasteiger partial charge is 0.205 e. The third kappa shape index (κ3) is 3.83. The molecule has 0 nitrogen and oxygen atoms in total. The second-order valence-electron chi connectivity index (χ2n) is 4.43. The maximum Gasteiger partial charge on any atom is 0.141 e. The van der Waals surface area contributed by atoms with Gasteiger partial charge < -0.3 is 0 Å². The fourth-order valence-electron chi connectivity index (χ4n) is 1.99. The summed E-state index contributed by atoms with van der Waals surface area (Å²) in [6.07, 6.45) is 6.06. The molecule has 0 unspecified atom stereocenters. The Hall–Kier alpha value is -0.560. The van der Waals surface area contributed by atoms with E-state index in [1.807, 2.05) is 0 Å². The molecule has 0 heterocycles. The Kier molecular flexibility index (Phi) is 4.59. The Morgan fingerprint density at radius 3 is 2.27 bits per heavy atom. The third-order valence-corrected chi connectivity index (χ3v) is 3.29. The topological polar surface area (TPSA) is 0 Å². The van der Waals surface area contributed by atoms with Crippen LogP contribution in [0.3, 0.4) is 0 Å². The predicted octanol–water partition coefficient (Wildman–Crippen LogP) is 4.97. The first-order valence-corrected chi connectivity index (χ1v) is 5.79. The van der Waals surface area contributed by atoms with Gasteiger partial charge in [-0.2, -0.15) is 0 Å². The molecule has 15 heavy (non-hydrogen) atoms. The summed E-state index contributed by atoms with van der Waals surface area (Å²) < 4.78 is 13.2. The maximum atomic E-state index is 13.2. The highest BCUT2D eigenvalue weighted by Gasteiger charge is 2.19. The zero-order valence-electron chi connectivity index (χ0n) is 9.23. The van der Waals surface area contributed by atoms with E-state index < -0.39 is 5.83 Å². The standard InChI is InChI=1S/C13H18ClF/c1-9-4-6-12(7-5-9)10(2)8-13(15)11(3)14/h8-9,12H,2-7H2,1H3/b13-8+. The Bertz CT molecular complexity index is 283. The van der Waals surface area contributed by atoms with Crippen molar-refractivity contribution in [2.24, 2.45) is 11.8 Å². The first kappa shape index (κ1) is 12.5. The van der Waals surface area contributed by atoms with Crippen molar-refractivity contribution in [2.75, 3.05) is 0 Å². The lowest BCUT2D eigenvalue weighted by Gasteiger charge is -2.26. The summed E-state index contributed by atoms with van der Waals surface area (Å²) in [4.78, 5) is 0. The van der Waals surface area contributed by atoms with Crippen LogP contribution in [0.1, 0.15) is 32.6 Å². The van der Waals surface area contributed by atoms with Crippen molar-refractivity contribution >= 4 is 11.6 Å². The van der Waals surface area contributed by atoms with Gasteiger partial charge in [-0.3, -0.25) is 0 Å². The molecule has 0 bridgehead atoms. The molecule has 0 amide bonds. The van der Waals surface area contributed by atoms with E-state index in [0.717, 1.165) is 24.3 Å². The van der Waals surface area contributed by atoms with Gasteiger partial charge in [-0.1, -0.05) is 44.5 Å². The van der Waals surface area contributed by atoms with Gasteiger partial charge in [0, 0.05) is 0 Å². The van der Waals surface area contributed by atoms with Crippen molar-refractivity contribution in [3.63, 3.8) is 0 Å². The number of hydrogen-bond donors (Lipinski definition) is 0. The van der Waals surface area contributed by atoms with Crippen LogP contribution in [0.5, 0.6) is 0 Å². The molecule has 0 aromatic carbocycles. The molecule has 1 saturated carbocycles. The van der Waals surface area contributed by atoms with E-state index in [4.69, 9.17) is 11.6 Å². The van der Waals surface area contributed by atoms with Crippen LogP contribution in [-0.4, -0.2) is 0 Å². The highest BCUT2D eigenvalue weighted by atomic mass is 35.5. The van der Waals surface area contributed by atoms with E-state index in [1.165, 1.54) is 18.9 Å². The summed E-state index contributed by atoms with van der Waals surface area (Å²) in [5.41, 5.74) is 0.848. The lowest BCUT2D eigenvalue weighted by molar-refractivity contribution is 0.323. The third-order valence-electron chi connectivity index (χ3n) is 3.11. The van der Waals surface area contributed by atoms with Crippen molar-refractivity contribution in [2.45, 2.75) is 32.6 Å². The Morgan fingerprint density at radius 2 is 1.80 bits per heavy atom. The number of halogens is 2. The molecule has 0 radical (unpaired) electrons. The van der Waals surface area contributed by atoms with E-state index in [-0.39, 0.29) is 5.03 Å². The Morgan fingerprint density at radius 1 is 1.27 bits per heavy atom. The SMILES string of the molecule is C=C(Cl)/C(F)=C\C(=C)C1CCC(C)CC1. The minimum Gasteiger partial charge on any atom is -0.205 e. The van der Waals surface area contributed by atoms with Gasteiger partial charge in [-0.25, -0.2) is 4.39 Å². The van der Waals surface area contributed by atoms with Crippen LogP contribution < -0.4 is 0 Å². The molecule has 0 spiro atoms. The monoisotopic (exact) mass is 228 g/mol. The lowest BCUT2D eigenvalue weighted by Crippen LogP contribution is -2.13. The first-order chi connectivity index (χ1) is 7.00. The molecular weight excluding hydrogens is 211 g/mol. The zero-order chi connectivity index (χ0) is 11.4. The normalized spacial score (nSPS) is 27.5. The van der Waals surface area contributed by atoms with Gasteiger partial charge in [0.05, 0.1) is 5.03 Å². The Labute approximate surface area is 96.5 Å². The number of hydrogen-bond acceptors (Lipinski definition) is 0. The van der Waals surface area contributed by atoms with E-state index in [0.29, 0.717) is 5.92 Å². The summed E-state index contributed by atoms with van der Waals surface area (Å²) in [6.45, 7) is 9.52. The van der Waals surface area contributed by atoms with E-state index >= 15 is 0 Å². The van der Waals surface area contributed by atoms with Crippen LogP contribution in [0.4, 0.5) is 4.39 Å². The molecule has 0 saturated heterocycles. The van der Waals surface area contributed by atoms with Gasteiger partial charge in [-0.15, -0.1) is 0 Å². The van der Waals surface area contributed by atoms with Crippen LogP contribution in [0.15, 0.2) is 35.7 Å². The van der Waals surface area contributed by atoms with Gasteiger partial charge in [-0.05, 0) is 36.3 Å². The summed E-state index contributed by atoms with van der Waals surface area (Å²) in [7, 11) is 0. The van der Waals surface area contributed by atoms with Gasteiger partial charge in [0.1, 0.15) is 5.83 Å². The number of rotatable bonds is 3. The highest BCUT2D eigenvalue weighted by Crippen LogP contribution is 2.33. The fourth-order valence-corrected chi connectivity index (χ4v) is 2.04. The quantitative estimate of drug-likeness (QED) is 0.598. The second kappa shape index (κ2) is 5.50. The predicted molar refractivity (Wildman–Crippen MR) is 64.4 cm³/mol. The minimum atomic E-state index is -0.458. The van der Waals surface area contributed by atoms with E-state index in [9.17, 15) is 4.39 Å². The maximum absolute atomic E-state index is 13.2.